The summed E-state index contributed by atoms with van der Waals surface area (Å²) in [6.07, 6.45) is 3.39. The van der Waals surface area contributed by atoms with E-state index in [9.17, 15) is 0 Å². The van der Waals surface area contributed by atoms with Crippen molar-refractivity contribution in [1.29, 1.82) is 0 Å². The minimum atomic E-state index is -0.321. The molecule has 5 aromatic rings. The second-order valence-corrected chi connectivity index (χ2v) is 10.2. The molecule has 0 N–H and O–H groups in total. The predicted octanol–water partition coefficient (Wildman–Crippen LogP) is 6.49. The van der Waals surface area contributed by atoms with Gasteiger partial charge in [-0.3, -0.25) is 0 Å². The van der Waals surface area contributed by atoms with E-state index < -0.39 is 0 Å². The summed E-state index contributed by atoms with van der Waals surface area (Å²) in [5, 5.41) is 23.2. The van der Waals surface area contributed by atoms with Crippen LogP contribution in [-0.4, -0.2) is 35.0 Å². The van der Waals surface area contributed by atoms with Crippen LogP contribution < -0.4 is 0 Å². The van der Waals surface area contributed by atoms with Crippen LogP contribution in [0.1, 0.15) is 32.2 Å². The Kier molecular flexibility index (Phi) is 6.13. The normalized spacial score (nSPS) is 11.8. The first-order valence-electron chi connectivity index (χ1n) is 10.7. The minimum Gasteiger partial charge on any atom is -0.419 e. The SMILES string of the molecule is CC(C)(C)c1nnc(-c2nn(-c3ccc(Cl)cc3Cl)c(-c3ccc(Cl)cc3)c2Cn2ccnn2)o1. The van der Waals surface area contributed by atoms with Gasteiger partial charge in [-0.1, -0.05) is 72.9 Å². The number of halogens is 3. The van der Waals surface area contributed by atoms with Gasteiger partial charge >= 0.3 is 0 Å². The number of nitrogens with zero attached hydrogens (tertiary/aromatic N) is 7. The van der Waals surface area contributed by atoms with Gasteiger partial charge in [-0.2, -0.15) is 5.10 Å². The van der Waals surface area contributed by atoms with Crippen molar-refractivity contribution in [1.82, 2.24) is 35.0 Å². The van der Waals surface area contributed by atoms with Gasteiger partial charge < -0.3 is 4.42 Å². The zero-order valence-electron chi connectivity index (χ0n) is 19.1. The van der Waals surface area contributed by atoms with Gasteiger partial charge in [-0.25, -0.2) is 9.36 Å². The molecule has 0 amide bonds. The Morgan fingerprint density at radius 2 is 1.69 bits per heavy atom. The van der Waals surface area contributed by atoms with Crippen molar-refractivity contribution in [2.45, 2.75) is 32.7 Å². The summed E-state index contributed by atoms with van der Waals surface area (Å²) >= 11 is 19.0. The average molecular weight is 529 g/mol. The Balaban J connectivity index is 1.81. The fourth-order valence-corrected chi connectivity index (χ4v) is 4.22. The lowest BCUT2D eigenvalue weighted by Gasteiger charge is -2.12. The first kappa shape index (κ1) is 23.5. The van der Waals surface area contributed by atoms with E-state index in [1.54, 1.807) is 33.9 Å². The molecular formula is C24H20Cl3N7O. The maximum absolute atomic E-state index is 6.62. The topological polar surface area (TPSA) is 87.5 Å². The quantitative estimate of drug-likeness (QED) is 0.259. The van der Waals surface area contributed by atoms with Gasteiger partial charge in [0.25, 0.3) is 5.89 Å². The first-order valence-corrected chi connectivity index (χ1v) is 11.9. The zero-order chi connectivity index (χ0) is 24.7. The van der Waals surface area contributed by atoms with Crippen LogP contribution in [-0.2, 0) is 12.0 Å². The van der Waals surface area contributed by atoms with E-state index in [1.807, 2.05) is 51.1 Å². The van der Waals surface area contributed by atoms with Crippen LogP contribution >= 0.6 is 34.8 Å². The van der Waals surface area contributed by atoms with Crippen LogP contribution in [0.5, 0.6) is 0 Å². The molecule has 2 aromatic carbocycles. The van der Waals surface area contributed by atoms with Crippen molar-refractivity contribution in [2.24, 2.45) is 0 Å². The molecule has 5 rings (SSSR count). The fraction of sp³-hybridized carbons (Fsp3) is 0.208. The van der Waals surface area contributed by atoms with Crippen LogP contribution in [0.25, 0.3) is 28.5 Å². The van der Waals surface area contributed by atoms with Gasteiger partial charge in [0.05, 0.1) is 29.1 Å². The van der Waals surface area contributed by atoms with E-state index in [0.29, 0.717) is 44.8 Å². The highest BCUT2D eigenvalue weighted by atomic mass is 35.5. The van der Waals surface area contributed by atoms with Gasteiger partial charge in [0.1, 0.15) is 0 Å². The van der Waals surface area contributed by atoms with Crippen LogP contribution in [0.15, 0.2) is 59.3 Å². The molecule has 0 aliphatic rings. The molecule has 0 fully saturated rings. The van der Waals surface area contributed by atoms with Gasteiger partial charge in [-0.15, -0.1) is 15.3 Å². The first-order chi connectivity index (χ1) is 16.7. The van der Waals surface area contributed by atoms with E-state index in [-0.39, 0.29) is 5.41 Å². The number of rotatable bonds is 5. The van der Waals surface area contributed by atoms with Crippen molar-refractivity contribution in [3.8, 4) is 28.5 Å². The Morgan fingerprint density at radius 1 is 0.943 bits per heavy atom. The smallest absolute Gasteiger partial charge is 0.268 e. The molecule has 35 heavy (non-hydrogen) atoms. The minimum absolute atomic E-state index is 0.295. The monoisotopic (exact) mass is 527 g/mol. The van der Waals surface area contributed by atoms with Crippen molar-refractivity contribution >= 4 is 34.8 Å². The van der Waals surface area contributed by atoms with Crippen LogP contribution in [0.2, 0.25) is 15.1 Å². The van der Waals surface area contributed by atoms with Crippen LogP contribution in [0, 0.1) is 0 Å². The predicted molar refractivity (Wildman–Crippen MR) is 135 cm³/mol. The van der Waals surface area contributed by atoms with Crippen molar-refractivity contribution in [3.63, 3.8) is 0 Å². The van der Waals surface area contributed by atoms with E-state index >= 15 is 0 Å². The molecule has 0 spiro atoms. The molecule has 3 aromatic heterocycles. The molecule has 0 aliphatic heterocycles. The fourth-order valence-electron chi connectivity index (χ4n) is 3.60. The lowest BCUT2D eigenvalue weighted by molar-refractivity contribution is 0.398. The maximum Gasteiger partial charge on any atom is 0.268 e. The summed E-state index contributed by atoms with van der Waals surface area (Å²) in [4.78, 5) is 0. The summed E-state index contributed by atoms with van der Waals surface area (Å²) in [7, 11) is 0. The molecule has 0 atom stereocenters. The number of aromatic nitrogens is 7. The maximum atomic E-state index is 6.62. The molecule has 178 valence electrons. The number of benzene rings is 2. The highest BCUT2D eigenvalue weighted by Gasteiger charge is 2.28. The van der Waals surface area contributed by atoms with Gasteiger partial charge in [0.2, 0.25) is 5.89 Å². The third-order valence-corrected chi connectivity index (χ3v) is 6.09. The largest absolute Gasteiger partial charge is 0.419 e. The molecule has 0 saturated heterocycles. The molecule has 11 heteroatoms. The second kappa shape index (κ2) is 9.11. The van der Waals surface area contributed by atoms with Crippen molar-refractivity contribution in [2.75, 3.05) is 0 Å². The number of hydrogen-bond donors (Lipinski definition) is 0. The lowest BCUT2D eigenvalue weighted by atomic mass is 9.97. The molecule has 0 saturated carbocycles. The third-order valence-electron chi connectivity index (χ3n) is 5.30. The van der Waals surface area contributed by atoms with E-state index in [1.165, 1.54) is 0 Å². The highest BCUT2D eigenvalue weighted by molar-refractivity contribution is 6.35. The molecule has 0 bridgehead atoms. The standard InChI is InChI=1S/C24H20Cl3N7O/c1-24(2,3)23-30-29-22(35-23)20-17(13-33-11-10-28-32-33)21(14-4-6-15(25)7-5-14)34(31-20)19-9-8-16(26)12-18(19)27/h4-12H,13H2,1-3H3. The average Bonchev–Trinajstić information content (AvgIpc) is 3.55. The van der Waals surface area contributed by atoms with Crippen LogP contribution in [0.4, 0.5) is 0 Å². The highest BCUT2D eigenvalue weighted by Crippen LogP contribution is 2.37. The third kappa shape index (κ3) is 4.69. The second-order valence-electron chi connectivity index (χ2n) is 8.95. The molecule has 8 nitrogen and oxygen atoms in total. The number of hydrogen-bond acceptors (Lipinski definition) is 6. The molecular weight excluding hydrogens is 509 g/mol. The summed E-state index contributed by atoms with van der Waals surface area (Å²) in [6, 6.07) is 12.7. The Labute approximate surface area is 216 Å². The molecule has 3 heterocycles. The van der Waals surface area contributed by atoms with Crippen molar-refractivity contribution < 1.29 is 4.42 Å². The van der Waals surface area contributed by atoms with Crippen molar-refractivity contribution in [3.05, 3.63) is 81.4 Å². The van der Waals surface area contributed by atoms with Gasteiger partial charge in [0, 0.05) is 32.8 Å². The van der Waals surface area contributed by atoms with E-state index in [0.717, 1.165) is 16.8 Å². The Hall–Kier alpha value is -3.20. The summed E-state index contributed by atoms with van der Waals surface area (Å²) in [6.45, 7) is 6.37. The summed E-state index contributed by atoms with van der Waals surface area (Å²) in [5.41, 5.74) is 3.27. The van der Waals surface area contributed by atoms with E-state index in [2.05, 4.69) is 20.5 Å². The zero-order valence-corrected chi connectivity index (χ0v) is 21.3. The Bertz CT molecular complexity index is 1480. The molecule has 0 radical (unpaired) electrons. The van der Waals surface area contributed by atoms with Gasteiger partial charge in [0.15, 0.2) is 5.69 Å². The van der Waals surface area contributed by atoms with Crippen LogP contribution in [0.3, 0.4) is 0 Å². The molecule has 0 aliphatic carbocycles. The summed E-state index contributed by atoms with van der Waals surface area (Å²) < 4.78 is 9.54. The van der Waals surface area contributed by atoms with E-state index in [4.69, 9.17) is 44.3 Å². The lowest BCUT2D eigenvalue weighted by Crippen LogP contribution is -2.11. The van der Waals surface area contributed by atoms with Gasteiger partial charge in [-0.05, 0) is 30.3 Å². The molecule has 0 unspecified atom stereocenters. The Morgan fingerprint density at radius 3 is 2.31 bits per heavy atom. The summed E-state index contributed by atoms with van der Waals surface area (Å²) in [5.74, 6) is 0.801.